The molecule has 1 aliphatic rings. The van der Waals surface area contributed by atoms with Crippen LogP contribution in [0.25, 0.3) is 0 Å². The van der Waals surface area contributed by atoms with Crippen LogP contribution in [0.1, 0.15) is 38.8 Å². The van der Waals surface area contributed by atoms with Crippen molar-refractivity contribution in [2.24, 2.45) is 0 Å². The normalized spacial score (nSPS) is 12.7. The zero-order valence-corrected chi connectivity index (χ0v) is 16.7. The van der Waals surface area contributed by atoms with Crippen LogP contribution in [-0.4, -0.2) is 45.0 Å². The van der Waals surface area contributed by atoms with E-state index in [0.29, 0.717) is 30.1 Å². The average molecular weight is 397 g/mol. The van der Waals surface area contributed by atoms with Crippen LogP contribution in [0.15, 0.2) is 36.4 Å². The first-order valence-corrected chi connectivity index (χ1v) is 9.29. The van der Waals surface area contributed by atoms with Crippen molar-refractivity contribution >= 4 is 23.3 Å². The Kier molecular flexibility index (Phi) is 6.29. The molecule has 0 unspecified atom stereocenters. The Morgan fingerprint density at radius 1 is 1.10 bits per heavy atom. The molecule has 2 aromatic carbocycles. The Hall–Kier alpha value is -3.19. The molecule has 1 heterocycles. The summed E-state index contributed by atoms with van der Waals surface area (Å²) in [5, 5.41) is 0. The number of hydrogen-bond donors (Lipinski definition) is 0. The number of amides is 1. The number of rotatable bonds is 8. The molecule has 0 saturated carbocycles. The largest absolute Gasteiger partial charge is 0.496 e. The molecule has 0 aliphatic carbocycles. The van der Waals surface area contributed by atoms with E-state index in [4.69, 9.17) is 14.2 Å². The van der Waals surface area contributed by atoms with Crippen LogP contribution < -0.4 is 9.64 Å². The Morgan fingerprint density at radius 3 is 2.59 bits per heavy atom. The molecule has 2 aromatic rings. The predicted molar refractivity (Wildman–Crippen MR) is 106 cm³/mol. The fourth-order valence-electron chi connectivity index (χ4n) is 3.17. The molecule has 0 radical (unpaired) electrons. The third-order valence-corrected chi connectivity index (χ3v) is 4.79. The molecule has 7 heteroatoms. The highest BCUT2D eigenvalue weighted by Gasteiger charge is 2.25. The van der Waals surface area contributed by atoms with Gasteiger partial charge in [0.1, 0.15) is 5.75 Å². The monoisotopic (exact) mass is 397 g/mol. The lowest BCUT2D eigenvalue weighted by Crippen LogP contribution is -2.20. The van der Waals surface area contributed by atoms with Crippen molar-refractivity contribution in [1.82, 2.24) is 0 Å². The van der Waals surface area contributed by atoms with Crippen LogP contribution in [0.4, 0.5) is 5.69 Å². The molecule has 3 rings (SSSR count). The fourth-order valence-corrected chi connectivity index (χ4v) is 3.17. The Labute approximate surface area is 169 Å². The summed E-state index contributed by atoms with van der Waals surface area (Å²) < 4.78 is 15.9. The highest BCUT2D eigenvalue weighted by Crippen LogP contribution is 2.28. The maximum atomic E-state index is 12.4. The van der Waals surface area contributed by atoms with Gasteiger partial charge in [0.25, 0.3) is 0 Å². The number of nitrogens with zero attached hydrogens (tertiary/aromatic N) is 1. The maximum Gasteiger partial charge on any atom is 0.338 e. The van der Waals surface area contributed by atoms with Crippen LogP contribution in [-0.2, 0) is 27.3 Å². The fraction of sp³-hybridized carbons (Fsp3) is 0.318. The lowest BCUT2D eigenvalue weighted by molar-refractivity contribution is -0.117. The van der Waals surface area contributed by atoms with E-state index in [9.17, 15) is 14.4 Å². The van der Waals surface area contributed by atoms with E-state index in [2.05, 4.69) is 0 Å². The first-order valence-electron chi connectivity index (χ1n) is 9.29. The summed E-state index contributed by atoms with van der Waals surface area (Å²) >= 11 is 0. The van der Waals surface area contributed by atoms with Crippen molar-refractivity contribution in [3.8, 4) is 5.75 Å². The van der Waals surface area contributed by atoms with Crippen molar-refractivity contribution < 1.29 is 28.6 Å². The number of methoxy groups -OCH3 is 1. The SMILES string of the molecule is CCOCc1cc(C(=O)OCC(=O)c2ccc3c(c2)CC(=O)N3C)ccc1OC. The van der Waals surface area contributed by atoms with Crippen LogP contribution in [0.2, 0.25) is 0 Å². The van der Waals surface area contributed by atoms with Gasteiger partial charge in [0.15, 0.2) is 12.4 Å². The van der Waals surface area contributed by atoms with Gasteiger partial charge >= 0.3 is 5.97 Å². The van der Waals surface area contributed by atoms with E-state index in [0.717, 1.165) is 16.8 Å². The number of hydrogen-bond acceptors (Lipinski definition) is 6. The van der Waals surface area contributed by atoms with Crippen molar-refractivity contribution in [3.05, 3.63) is 58.7 Å². The minimum Gasteiger partial charge on any atom is -0.496 e. The first-order chi connectivity index (χ1) is 13.9. The number of esters is 1. The first kappa shape index (κ1) is 20.5. The van der Waals surface area contributed by atoms with Gasteiger partial charge in [-0.25, -0.2) is 4.79 Å². The van der Waals surface area contributed by atoms with Crippen LogP contribution in [0.5, 0.6) is 5.75 Å². The second-order valence-corrected chi connectivity index (χ2v) is 6.64. The molecule has 0 N–H and O–H groups in total. The van der Waals surface area contributed by atoms with E-state index in [1.165, 1.54) is 0 Å². The molecule has 152 valence electrons. The summed E-state index contributed by atoms with van der Waals surface area (Å²) in [4.78, 5) is 38.1. The number of carbonyl (C=O) groups is 3. The van der Waals surface area contributed by atoms with Gasteiger partial charge in [0, 0.05) is 30.5 Å². The number of fused-ring (bicyclic) bond motifs is 1. The summed E-state index contributed by atoms with van der Waals surface area (Å²) in [5.41, 5.74) is 3.04. The molecule has 1 amide bonds. The molecular formula is C22H23NO6. The molecule has 7 nitrogen and oxygen atoms in total. The van der Waals surface area contributed by atoms with Gasteiger partial charge in [-0.1, -0.05) is 0 Å². The Bertz CT molecular complexity index is 952. The standard InChI is InChI=1S/C22H23NO6/c1-4-28-12-17-10-15(6-8-20(17)27-3)22(26)29-13-19(24)14-5-7-18-16(9-14)11-21(25)23(18)2/h5-10H,4,11-13H2,1-3H3. The molecule has 0 aromatic heterocycles. The van der Waals surface area contributed by atoms with Crippen molar-refractivity contribution in [2.45, 2.75) is 20.0 Å². The van der Waals surface area contributed by atoms with E-state index in [1.54, 1.807) is 55.5 Å². The second-order valence-electron chi connectivity index (χ2n) is 6.64. The molecule has 0 atom stereocenters. The molecule has 29 heavy (non-hydrogen) atoms. The number of Topliss-reactive ketones (excluding diaryl/α,β-unsaturated/α-hetero) is 1. The lowest BCUT2D eigenvalue weighted by Gasteiger charge is -2.11. The van der Waals surface area contributed by atoms with Crippen LogP contribution in [0.3, 0.4) is 0 Å². The van der Waals surface area contributed by atoms with Crippen molar-refractivity contribution in [1.29, 1.82) is 0 Å². The molecule has 0 spiro atoms. The lowest BCUT2D eigenvalue weighted by atomic mass is 10.1. The second kappa shape index (κ2) is 8.87. The minimum atomic E-state index is -0.602. The topological polar surface area (TPSA) is 82.1 Å². The van der Waals surface area contributed by atoms with Crippen molar-refractivity contribution in [3.63, 3.8) is 0 Å². The van der Waals surface area contributed by atoms with Crippen LogP contribution >= 0.6 is 0 Å². The summed E-state index contributed by atoms with van der Waals surface area (Å²) in [6.07, 6.45) is 0.265. The third kappa shape index (κ3) is 4.46. The Morgan fingerprint density at radius 2 is 1.86 bits per heavy atom. The van der Waals surface area contributed by atoms with Gasteiger partial charge < -0.3 is 19.1 Å². The highest BCUT2D eigenvalue weighted by molar-refractivity contribution is 6.04. The molecule has 1 aliphatic heterocycles. The van der Waals surface area contributed by atoms with Gasteiger partial charge in [-0.05, 0) is 48.9 Å². The number of likely N-dealkylation sites (N-methyl/N-ethyl adjacent to an activating group) is 1. The summed E-state index contributed by atoms with van der Waals surface area (Å²) in [6.45, 7) is 2.34. The van der Waals surface area contributed by atoms with E-state index in [1.807, 2.05) is 6.92 Å². The number of carbonyl (C=O) groups excluding carboxylic acids is 3. The van der Waals surface area contributed by atoms with Gasteiger partial charge in [-0.2, -0.15) is 0 Å². The number of benzene rings is 2. The maximum absolute atomic E-state index is 12.4. The van der Waals surface area contributed by atoms with Gasteiger partial charge in [0.2, 0.25) is 5.91 Å². The van der Waals surface area contributed by atoms with Gasteiger partial charge in [0.05, 0.1) is 25.7 Å². The summed E-state index contributed by atoms with van der Waals surface area (Å²) in [5.74, 6) is -0.330. The smallest absolute Gasteiger partial charge is 0.338 e. The molecule has 0 fully saturated rings. The zero-order valence-electron chi connectivity index (χ0n) is 16.7. The molecule has 0 saturated heterocycles. The van der Waals surface area contributed by atoms with Gasteiger partial charge in [-0.15, -0.1) is 0 Å². The minimum absolute atomic E-state index is 0.0154. The number of anilines is 1. The zero-order chi connectivity index (χ0) is 21.0. The molecular weight excluding hydrogens is 374 g/mol. The number of ether oxygens (including phenoxy) is 3. The van der Waals surface area contributed by atoms with E-state index < -0.39 is 5.97 Å². The summed E-state index contributed by atoms with van der Waals surface area (Å²) in [6, 6.07) is 9.94. The van der Waals surface area contributed by atoms with Crippen molar-refractivity contribution in [2.75, 3.05) is 32.3 Å². The quantitative estimate of drug-likeness (QED) is 0.503. The Balaban J connectivity index is 1.66. The third-order valence-electron chi connectivity index (χ3n) is 4.79. The van der Waals surface area contributed by atoms with Crippen LogP contribution in [0, 0.1) is 0 Å². The van der Waals surface area contributed by atoms with E-state index in [-0.39, 0.29) is 24.7 Å². The summed E-state index contributed by atoms with van der Waals surface area (Å²) in [7, 11) is 3.25. The highest BCUT2D eigenvalue weighted by atomic mass is 16.5. The molecule has 0 bridgehead atoms. The van der Waals surface area contributed by atoms with E-state index >= 15 is 0 Å². The average Bonchev–Trinajstić information content (AvgIpc) is 3.02. The predicted octanol–water partition coefficient (Wildman–Crippen LogP) is 2.79. The van der Waals surface area contributed by atoms with Gasteiger partial charge in [-0.3, -0.25) is 9.59 Å². The number of ketones is 1.